The number of methoxy groups -OCH3 is 1. The van der Waals surface area contributed by atoms with Crippen molar-refractivity contribution in [1.82, 2.24) is 10.6 Å². The van der Waals surface area contributed by atoms with Gasteiger partial charge in [-0.05, 0) is 18.6 Å². The van der Waals surface area contributed by atoms with E-state index in [9.17, 15) is 9.59 Å². The summed E-state index contributed by atoms with van der Waals surface area (Å²) >= 11 is 0. The molecule has 0 saturated heterocycles. The summed E-state index contributed by atoms with van der Waals surface area (Å²) < 4.78 is 10.7. The standard InChI is InChI=1S/C18H28N2O4/c1-18(2,3)17(22)20-10-6-9-16(21)19-11-12-24-15-8-5-7-14(13-15)23-4/h5,7-8,13H,6,9-12H2,1-4H3,(H,19,21)(H,20,22). The number of hydrogen-bond acceptors (Lipinski definition) is 4. The van der Waals surface area contributed by atoms with E-state index >= 15 is 0 Å². The van der Waals surface area contributed by atoms with E-state index in [0.29, 0.717) is 38.3 Å². The Balaban J connectivity index is 2.11. The highest BCUT2D eigenvalue weighted by atomic mass is 16.5. The molecule has 0 unspecified atom stereocenters. The van der Waals surface area contributed by atoms with Crippen LogP contribution in [0.15, 0.2) is 24.3 Å². The van der Waals surface area contributed by atoms with Gasteiger partial charge in [0.2, 0.25) is 11.8 Å². The van der Waals surface area contributed by atoms with E-state index < -0.39 is 5.41 Å². The van der Waals surface area contributed by atoms with Gasteiger partial charge < -0.3 is 20.1 Å². The van der Waals surface area contributed by atoms with Gasteiger partial charge in [0, 0.05) is 24.4 Å². The molecule has 0 aliphatic rings. The molecule has 0 fully saturated rings. The van der Waals surface area contributed by atoms with Crippen LogP contribution in [0.25, 0.3) is 0 Å². The third-order valence-corrected chi connectivity index (χ3v) is 3.28. The van der Waals surface area contributed by atoms with Crippen molar-refractivity contribution in [3.05, 3.63) is 24.3 Å². The average molecular weight is 336 g/mol. The molecule has 2 amide bonds. The van der Waals surface area contributed by atoms with E-state index in [1.165, 1.54) is 0 Å². The molecule has 0 heterocycles. The Kier molecular flexibility index (Phi) is 8.09. The summed E-state index contributed by atoms with van der Waals surface area (Å²) in [6.07, 6.45) is 0.994. The Morgan fingerprint density at radius 3 is 2.46 bits per heavy atom. The lowest BCUT2D eigenvalue weighted by Crippen LogP contribution is -2.36. The molecular formula is C18H28N2O4. The van der Waals surface area contributed by atoms with Crippen molar-refractivity contribution in [2.45, 2.75) is 33.6 Å². The normalized spacial score (nSPS) is 10.8. The van der Waals surface area contributed by atoms with Gasteiger partial charge in [0.1, 0.15) is 18.1 Å². The van der Waals surface area contributed by atoms with Crippen molar-refractivity contribution in [3.63, 3.8) is 0 Å². The van der Waals surface area contributed by atoms with Crippen molar-refractivity contribution >= 4 is 11.8 Å². The summed E-state index contributed by atoms with van der Waals surface area (Å²) in [6, 6.07) is 7.31. The van der Waals surface area contributed by atoms with Crippen molar-refractivity contribution in [3.8, 4) is 11.5 Å². The molecule has 0 bridgehead atoms. The third-order valence-electron chi connectivity index (χ3n) is 3.28. The lowest BCUT2D eigenvalue weighted by Gasteiger charge is -2.17. The Morgan fingerprint density at radius 1 is 1.08 bits per heavy atom. The quantitative estimate of drug-likeness (QED) is 0.677. The molecular weight excluding hydrogens is 308 g/mol. The topological polar surface area (TPSA) is 76.7 Å². The second kappa shape index (κ2) is 9.80. The molecule has 1 rings (SSSR count). The predicted octanol–water partition coefficient (Wildman–Crippen LogP) is 2.13. The molecule has 0 aliphatic carbocycles. The monoisotopic (exact) mass is 336 g/mol. The highest BCUT2D eigenvalue weighted by Gasteiger charge is 2.20. The number of rotatable bonds is 9. The van der Waals surface area contributed by atoms with E-state index in [-0.39, 0.29) is 11.8 Å². The zero-order valence-corrected chi connectivity index (χ0v) is 15.0. The van der Waals surface area contributed by atoms with Gasteiger partial charge >= 0.3 is 0 Å². The van der Waals surface area contributed by atoms with E-state index in [1.807, 2.05) is 39.0 Å². The highest BCUT2D eigenvalue weighted by molar-refractivity contribution is 5.81. The van der Waals surface area contributed by atoms with Crippen LogP contribution in [0.3, 0.4) is 0 Å². The Bertz CT molecular complexity index is 538. The minimum Gasteiger partial charge on any atom is -0.497 e. The SMILES string of the molecule is COc1cccc(OCCNC(=O)CCCNC(=O)C(C)(C)C)c1. The van der Waals surface area contributed by atoms with Crippen LogP contribution in [0.2, 0.25) is 0 Å². The van der Waals surface area contributed by atoms with Crippen LogP contribution in [-0.4, -0.2) is 38.6 Å². The maximum absolute atomic E-state index is 11.7. The first-order valence-electron chi connectivity index (χ1n) is 8.15. The summed E-state index contributed by atoms with van der Waals surface area (Å²) in [4.78, 5) is 23.4. The third kappa shape index (κ3) is 7.85. The first kappa shape index (κ1) is 19.8. The maximum Gasteiger partial charge on any atom is 0.225 e. The predicted molar refractivity (Wildman–Crippen MR) is 93.2 cm³/mol. The fourth-order valence-corrected chi connectivity index (χ4v) is 1.85. The van der Waals surface area contributed by atoms with Gasteiger partial charge in [-0.25, -0.2) is 0 Å². The van der Waals surface area contributed by atoms with E-state index in [2.05, 4.69) is 10.6 Å². The van der Waals surface area contributed by atoms with Crippen LogP contribution in [0, 0.1) is 5.41 Å². The van der Waals surface area contributed by atoms with Crippen molar-refractivity contribution < 1.29 is 19.1 Å². The molecule has 0 radical (unpaired) electrons. The molecule has 0 atom stereocenters. The second-order valence-corrected chi connectivity index (χ2v) is 6.49. The van der Waals surface area contributed by atoms with Crippen LogP contribution in [0.4, 0.5) is 0 Å². The largest absolute Gasteiger partial charge is 0.497 e. The average Bonchev–Trinajstić information content (AvgIpc) is 2.54. The lowest BCUT2D eigenvalue weighted by atomic mass is 9.96. The van der Waals surface area contributed by atoms with E-state index in [4.69, 9.17) is 9.47 Å². The summed E-state index contributed by atoms with van der Waals surface area (Å²) in [5.41, 5.74) is -0.403. The minimum atomic E-state index is -0.403. The minimum absolute atomic E-state index is 0.00500. The summed E-state index contributed by atoms with van der Waals surface area (Å²) in [5, 5.41) is 5.61. The number of ether oxygens (including phenoxy) is 2. The van der Waals surface area contributed by atoms with Gasteiger partial charge in [0.25, 0.3) is 0 Å². The van der Waals surface area contributed by atoms with Gasteiger partial charge in [0.15, 0.2) is 0 Å². The molecule has 0 aromatic heterocycles. The fourth-order valence-electron chi connectivity index (χ4n) is 1.85. The van der Waals surface area contributed by atoms with Gasteiger partial charge in [-0.2, -0.15) is 0 Å². The van der Waals surface area contributed by atoms with Gasteiger partial charge in [-0.15, -0.1) is 0 Å². The fraction of sp³-hybridized carbons (Fsp3) is 0.556. The number of nitrogens with one attached hydrogen (secondary N) is 2. The molecule has 0 saturated carbocycles. The number of hydrogen-bond donors (Lipinski definition) is 2. The summed E-state index contributed by atoms with van der Waals surface area (Å²) in [5.74, 6) is 1.38. The first-order valence-corrected chi connectivity index (χ1v) is 8.15. The van der Waals surface area contributed by atoms with Crippen molar-refractivity contribution in [1.29, 1.82) is 0 Å². The van der Waals surface area contributed by atoms with Crippen LogP contribution in [0.1, 0.15) is 33.6 Å². The van der Waals surface area contributed by atoms with Crippen molar-refractivity contribution in [2.75, 3.05) is 26.8 Å². The Labute approximate surface area is 143 Å². The second-order valence-electron chi connectivity index (χ2n) is 6.49. The Hall–Kier alpha value is -2.24. The molecule has 6 nitrogen and oxygen atoms in total. The van der Waals surface area contributed by atoms with Gasteiger partial charge in [-0.1, -0.05) is 26.8 Å². The van der Waals surface area contributed by atoms with E-state index in [0.717, 1.165) is 5.75 Å². The number of carbonyl (C=O) groups is 2. The first-order chi connectivity index (χ1) is 11.3. The van der Waals surface area contributed by atoms with Crippen LogP contribution in [0.5, 0.6) is 11.5 Å². The smallest absolute Gasteiger partial charge is 0.225 e. The molecule has 24 heavy (non-hydrogen) atoms. The van der Waals surface area contributed by atoms with Gasteiger partial charge in [-0.3, -0.25) is 9.59 Å². The lowest BCUT2D eigenvalue weighted by molar-refractivity contribution is -0.128. The molecule has 6 heteroatoms. The molecule has 134 valence electrons. The van der Waals surface area contributed by atoms with Crippen LogP contribution >= 0.6 is 0 Å². The van der Waals surface area contributed by atoms with Crippen LogP contribution in [-0.2, 0) is 9.59 Å². The molecule has 2 N–H and O–H groups in total. The number of amides is 2. The number of benzene rings is 1. The number of carbonyl (C=O) groups excluding carboxylic acids is 2. The molecule has 1 aromatic rings. The van der Waals surface area contributed by atoms with Crippen LogP contribution < -0.4 is 20.1 Å². The zero-order chi connectivity index (χ0) is 18.0. The molecule has 1 aromatic carbocycles. The molecule has 0 spiro atoms. The van der Waals surface area contributed by atoms with Crippen molar-refractivity contribution in [2.24, 2.45) is 5.41 Å². The van der Waals surface area contributed by atoms with E-state index in [1.54, 1.807) is 13.2 Å². The highest BCUT2D eigenvalue weighted by Crippen LogP contribution is 2.18. The van der Waals surface area contributed by atoms with Gasteiger partial charge in [0.05, 0.1) is 13.7 Å². The molecule has 0 aliphatic heterocycles. The zero-order valence-electron chi connectivity index (χ0n) is 15.0. The maximum atomic E-state index is 11.7. The Morgan fingerprint density at radius 2 is 1.79 bits per heavy atom. The summed E-state index contributed by atoms with van der Waals surface area (Å²) in [7, 11) is 1.60. The summed E-state index contributed by atoms with van der Waals surface area (Å²) in [6.45, 7) is 6.90.